The molecule has 1 N–H and O–H groups in total. The minimum Gasteiger partial charge on any atom is -0.481 e. The van der Waals surface area contributed by atoms with Crippen LogP contribution < -0.4 is 10.1 Å². The predicted molar refractivity (Wildman–Crippen MR) is 76.3 cm³/mol. The molecule has 1 aliphatic rings. The third-order valence-corrected chi connectivity index (χ3v) is 3.69. The Labute approximate surface area is 115 Å². The highest BCUT2D eigenvalue weighted by Gasteiger charge is 2.21. The van der Waals surface area contributed by atoms with Gasteiger partial charge < -0.3 is 10.1 Å². The average Bonchev–Trinajstić information content (AvgIpc) is 2.91. The number of nitrogens with one attached hydrogen (secondary N) is 1. The molecule has 0 radical (unpaired) electrons. The fraction of sp³-hybridized carbons (Fsp3) is 0.562. The molecule has 1 amide bonds. The number of carbonyl (C=O) groups excluding carboxylic acids is 1. The minimum absolute atomic E-state index is 0.00574. The summed E-state index contributed by atoms with van der Waals surface area (Å²) in [7, 11) is 0. The van der Waals surface area contributed by atoms with Crippen molar-refractivity contribution in [3.63, 3.8) is 0 Å². The van der Waals surface area contributed by atoms with Gasteiger partial charge in [0.15, 0.2) is 6.10 Å². The lowest BCUT2D eigenvalue weighted by molar-refractivity contribution is -0.127. The molecule has 2 rings (SSSR count). The zero-order valence-electron chi connectivity index (χ0n) is 11.8. The Bertz CT molecular complexity index is 425. The number of hydrogen-bond donors (Lipinski definition) is 1. The van der Waals surface area contributed by atoms with Crippen molar-refractivity contribution in [3.8, 4) is 5.75 Å². The summed E-state index contributed by atoms with van der Waals surface area (Å²) in [5, 5.41) is 3.06. The normalized spacial score (nSPS) is 17.2. The van der Waals surface area contributed by atoms with Gasteiger partial charge in [0.1, 0.15) is 5.75 Å². The molecule has 0 bridgehead atoms. The highest BCUT2D eigenvalue weighted by Crippen LogP contribution is 2.19. The summed E-state index contributed by atoms with van der Waals surface area (Å²) < 4.78 is 5.72. The number of amides is 1. The Kier molecular flexibility index (Phi) is 4.83. The van der Waals surface area contributed by atoms with Crippen LogP contribution in [0.15, 0.2) is 24.3 Å². The van der Waals surface area contributed by atoms with E-state index in [9.17, 15) is 4.79 Å². The third kappa shape index (κ3) is 3.98. The minimum atomic E-state index is -0.437. The number of hydrogen-bond acceptors (Lipinski definition) is 2. The first-order valence-corrected chi connectivity index (χ1v) is 7.25. The van der Waals surface area contributed by atoms with E-state index in [1.807, 2.05) is 25.1 Å². The Hall–Kier alpha value is -1.51. The molecule has 19 heavy (non-hydrogen) atoms. The van der Waals surface area contributed by atoms with Crippen LogP contribution in [0.25, 0.3) is 0 Å². The highest BCUT2D eigenvalue weighted by molar-refractivity contribution is 5.81. The van der Waals surface area contributed by atoms with Crippen LogP contribution in [-0.2, 0) is 11.2 Å². The fourth-order valence-corrected chi connectivity index (χ4v) is 2.49. The van der Waals surface area contributed by atoms with Crippen LogP contribution in [0, 0.1) is 0 Å². The van der Waals surface area contributed by atoms with Gasteiger partial charge in [-0.25, -0.2) is 0 Å². The van der Waals surface area contributed by atoms with E-state index in [-0.39, 0.29) is 5.91 Å². The Morgan fingerprint density at radius 3 is 2.84 bits per heavy atom. The monoisotopic (exact) mass is 261 g/mol. The van der Waals surface area contributed by atoms with Crippen molar-refractivity contribution in [1.29, 1.82) is 0 Å². The molecule has 1 atom stereocenters. The zero-order valence-corrected chi connectivity index (χ0v) is 11.8. The maximum absolute atomic E-state index is 12.0. The number of aryl methyl sites for hydroxylation is 1. The highest BCUT2D eigenvalue weighted by atomic mass is 16.5. The molecule has 0 heterocycles. The molecule has 1 aromatic carbocycles. The lowest BCUT2D eigenvalue weighted by atomic mass is 10.1. The molecule has 0 aliphatic heterocycles. The largest absolute Gasteiger partial charge is 0.481 e. The molecular weight excluding hydrogens is 238 g/mol. The van der Waals surface area contributed by atoms with Gasteiger partial charge in [-0.05, 0) is 43.9 Å². The van der Waals surface area contributed by atoms with Crippen molar-refractivity contribution < 1.29 is 9.53 Å². The lowest BCUT2D eigenvalue weighted by Gasteiger charge is -2.18. The molecule has 3 heteroatoms. The molecule has 1 fully saturated rings. The van der Waals surface area contributed by atoms with Crippen molar-refractivity contribution in [2.75, 3.05) is 0 Å². The van der Waals surface area contributed by atoms with Gasteiger partial charge >= 0.3 is 0 Å². The van der Waals surface area contributed by atoms with Crippen molar-refractivity contribution in [3.05, 3.63) is 29.8 Å². The van der Waals surface area contributed by atoms with Crippen molar-refractivity contribution in [1.82, 2.24) is 5.32 Å². The third-order valence-electron chi connectivity index (χ3n) is 3.69. The fourth-order valence-electron chi connectivity index (χ4n) is 2.49. The quantitative estimate of drug-likeness (QED) is 0.884. The first-order chi connectivity index (χ1) is 9.19. The average molecular weight is 261 g/mol. The van der Waals surface area contributed by atoms with E-state index in [4.69, 9.17) is 4.74 Å². The molecule has 0 saturated heterocycles. The van der Waals surface area contributed by atoms with Crippen molar-refractivity contribution in [2.24, 2.45) is 0 Å². The van der Waals surface area contributed by atoms with Crippen molar-refractivity contribution >= 4 is 5.91 Å². The van der Waals surface area contributed by atoms with Gasteiger partial charge in [0.2, 0.25) is 0 Å². The number of rotatable bonds is 5. The maximum Gasteiger partial charge on any atom is 0.260 e. The molecule has 1 unspecified atom stereocenters. The van der Waals surface area contributed by atoms with E-state index < -0.39 is 6.10 Å². The van der Waals surface area contributed by atoms with Gasteiger partial charge in [0.25, 0.3) is 5.91 Å². The second-order valence-electron chi connectivity index (χ2n) is 5.25. The van der Waals surface area contributed by atoms with E-state index in [2.05, 4.69) is 18.3 Å². The predicted octanol–water partition coefficient (Wildman–Crippen LogP) is 3.08. The smallest absolute Gasteiger partial charge is 0.260 e. The Morgan fingerprint density at radius 2 is 2.16 bits per heavy atom. The van der Waals surface area contributed by atoms with Gasteiger partial charge in [0.05, 0.1) is 0 Å². The molecular formula is C16H23NO2. The second-order valence-corrected chi connectivity index (χ2v) is 5.25. The van der Waals surface area contributed by atoms with Crippen LogP contribution in [0.2, 0.25) is 0 Å². The SMILES string of the molecule is CCc1cccc(OC(C)C(=O)NC2CCCC2)c1. The standard InChI is InChI=1S/C16H23NO2/c1-3-13-7-6-10-15(11-13)19-12(2)16(18)17-14-8-4-5-9-14/h6-7,10-12,14H,3-5,8-9H2,1-2H3,(H,17,18). The summed E-state index contributed by atoms with van der Waals surface area (Å²) >= 11 is 0. The van der Waals surface area contributed by atoms with E-state index in [1.165, 1.54) is 18.4 Å². The Balaban J connectivity index is 1.88. The Morgan fingerprint density at radius 1 is 1.42 bits per heavy atom. The van der Waals surface area contributed by atoms with Crippen LogP contribution in [-0.4, -0.2) is 18.1 Å². The summed E-state index contributed by atoms with van der Waals surface area (Å²) in [5.41, 5.74) is 1.22. The van der Waals surface area contributed by atoms with E-state index in [1.54, 1.807) is 0 Å². The molecule has 3 nitrogen and oxygen atoms in total. The van der Waals surface area contributed by atoms with Crippen LogP contribution in [0.3, 0.4) is 0 Å². The lowest BCUT2D eigenvalue weighted by Crippen LogP contribution is -2.41. The molecule has 1 saturated carbocycles. The number of benzene rings is 1. The molecule has 1 aromatic rings. The summed E-state index contributed by atoms with van der Waals surface area (Å²) in [6.07, 6.45) is 5.18. The van der Waals surface area contributed by atoms with E-state index in [0.717, 1.165) is 25.0 Å². The summed E-state index contributed by atoms with van der Waals surface area (Å²) in [4.78, 5) is 12.0. The zero-order chi connectivity index (χ0) is 13.7. The first kappa shape index (κ1) is 13.9. The molecule has 0 spiro atoms. The molecule has 104 valence electrons. The van der Waals surface area contributed by atoms with Crippen molar-refractivity contribution in [2.45, 2.75) is 58.1 Å². The molecule has 1 aliphatic carbocycles. The van der Waals surface area contributed by atoms with E-state index in [0.29, 0.717) is 6.04 Å². The maximum atomic E-state index is 12.0. The summed E-state index contributed by atoms with van der Waals surface area (Å²) in [5.74, 6) is 0.766. The summed E-state index contributed by atoms with van der Waals surface area (Å²) in [6.45, 7) is 3.91. The van der Waals surface area contributed by atoms with Crippen LogP contribution in [0.4, 0.5) is 0 Å². The van der Waals surface area contributed by atoms with Gasteiger partial charge in [-0.3, -0.25) is 4.79 Å². The molecule has 0 aromatic heterocycles. The van der Waals surface area contributed by atoms with Gasteiger partial charge in [0, 0.05) is 6.04 Å². The van der Waals surface area contributed by atoms with Gasteiger partial charge in [-0.2, -0.15) is 0 Å². The summed E-state index contributed by atoms with van der Waals surface area (Å²) in [6, 6.07) is 8.28. The second kappa shape index (κ2) is 6.60. The van der Waals surface area contributed by atoms with Crippen LogP contribution in [0.1, 0.15) is 45.1 Å². The topological polar surface area (TPSA) is 38.3 Å². The van der Waals surface area contributed by atoms with Gasteiger partial charge in [-0.15, -0.1) is 0 Å². The first-order valence-electron chi connectivity index (χ1n) is 7.25. The van der Waals surface area contributed by atoms with E-state index >= 15 is 0 Å². The van der Waals surface area contributed by atoms with Crippen LogP contribution >= 0.6 is 0 Å². The van der Waals surface area contributed by atoms with Gasteiger partial charge in [-0.1, -0.05) is 31.9 Å². The van der Waals surface area contributed by atoms with Crippen LogP contribution in [0.5, 0.6) is 5.75 Å². The number of carbonyl (C=O) groups is 1. The number of ether oxygens (including phenoxy) is 1.